The van der Waals surface area contributed by atoms with Gasteiger partial charge in [-0.2, -0.15) is 0 Å². The first-order valence-electron chi connectivity index (χ1n) is 6.75. The van der Waals surface area contributed by atoms with Gasteiger partial charge in [0.2, 0.25) is 5.91 Å². The van der Waals surface area contributed by atoms with E-state index in [1.165, 1.54) is 7.11 Å². The number of benzene rings is 1. The molecule has 0 heterocycles. The van der Waals surface area contributed by atoms with Crippen LogP contribution in [0.2, 0.25) is 0 Å². The predicted octanol–water partition coefficient (Wildman–Crippen LogP) is 1.82. The summed E-state index contributed by atoms with van der Waals surface area (Å²) in [6.07, 6.45) is 0.442. The Labute approximate surface area is 125 Å². The van der Waals surface area contributed by atoms with Crippen LogP contribution in [0.3, 0.4) is 0 Å². The van der Waals surface area contributed by atoms with Crippen molar-refractivity contribution >= 4 is 27.1 Å². The number of carbonyl (C=O) groups is 1. The molecule has 0 radical (unpaired) electrons. The van der Waals surface area contributed by atoms with Crippen LogP contribution in [-0.2, 0) is 14.6 Å². The normalized spacial score (nSPS) is 12.7. The SMILES string of the molecule is CCC(C)S(=O)(=O)CCC(=O)Nc1cc(N)ccc1OC. The Bertz CT molecular complexity index is 599. The van der Waals surface area contributed by atoms with Crippen molar-refractivity contribution in [1.29, 1.82) is 0 Å². The van der Waals surface area contributed by atoms with E-state index in [9.17, 15) is 13.2 Å². The first-order valence-corrected chi connectivity index (χ1v) is 8.46. The summed E-state index contributed by atoms with van der Waals surface area (Å²) < 4.78 is 28.9. The second-order valence-corrected chi connectivity index (χ2v) is 7.38. The van der Waals surface area contributed by atoms with E-state index >= 15 is 0 Å². The Hall–Kier alpha value is -1.76. The molecule has 1 aromatic rings. The smallest absolute Gasteiger partial charge is 0.225 e. The third kappa shape index (κ3) is 4.93. The molecule has 6 nitrogen and oxygen atoms in total. The van der Waals surface area contributed by atoms with Crippen molar-refractivity contribution in [3.05, 3.63) is 18.2 Å². The molecule has 0 spiro atoms. The third-order valence-electron chi connectivity index (χ3n) is 3.30. The van der Waals surface area contributed by atoms with Crippen molar-refractivity contribution in [3.8, 4) is 5.75 Å². The van der Waals surface area contributed by atoms with Crippen LogP contribution in [0.5, 0.6) is 5.75 Å². The van der Waals surface area contributed by atoms with Gasteiger partial charge in [0.15, 0.2) is 9.84 Å². The molecule has 0 aliphatic carbocycles. The van der Waals surface area contributed by atoms with Gasteiger partial charge in [0.25, 0.3) is 0 Å². The number of nitrogens with one attached hydrogen (secondary N) is 1. The summed E-state index contributed by atoms with van der Waals surface area (Å²) in [5, 5.41) is 2.19. The van der Waals surface area contributed by atoms with Gasteiger partial charge in [0.1, 0.15) is 5.75 Å². The molecule has 0 fully saturated rings. The maximum absolute atomic E-state index is 11.9. The number of methoxy groups -OCH3 is 1. The summed E-state index contributed by atoms with van der Waals surface area (Å²) in [5.41, 5.74) is 6.57. The molecule has 0 aliphatic heterocycles. The molecule has 0 aliphatic rings. The third-order valence-corrected chi connectivity index (χ3v) is 5.63. The van der Waals surface area contributed by atoms with Gasteiger partial charge in [0.05, 0.1) is 23.8 Å². The van der Waals surface area contributed by atoms with Gasteiger partial charge >= 0.3 is 0 Å². The molecule has 1 aromatic carbocycles. The number of anilines is 2. The molecule has 7 heteroatoms. The number of nitrogens with two attached hydrogens (primary N) is 1. The van der Waals surface area contributed by atoms with Crippen LogP contribution in [0.15, 0.2) is 18.2 Å². The minimum absolute atomic E-state index is 0.0926. The monoisotopic (exact) mass is 314 g/mol. The number of rotatable bonds is 7. The van der Waals surface area contributed by atoms with Crippen LogP contribution >= 0.6 is 0 Å². The zero-order valence-corrected chi connectivity index (χ0v) is 13.4. The molecular weight excluding hydrogens is 292 g/mol. The lowest BCUT2D eigenvalue weighted by Gasteiger charge is -2.12. The second-order valence-electron chi connectivity index (χ2n) is 4.84. The first kappa shape index (κ1) is 17.3. The number of hydrogen-bond acceptors (Lipinski definition) is 5. The Morgan fingerprint density at radius 1 is 1.43 bits per heavy atom. The minimum atomic E-state index is -3.24. The van der Waals surface area contributed by atoms with Gasteiger partial charge in [-0.25, -0.2) is 8.42 Å². The maximum Gasteiger partial charge on any atom is 0.225 e. The molecule has 0 aromatic heterocycles. The van der Waals surface area contributed by atoms with Gasteiger partial charge in [0, 0.05) is 12.1 Å². The molecule has 1 atom stereocenters. The van der Waals surface area contributed by atoms with E-state index in [1.54, 1.807) is 32.0 Å². The van der Waals surface area contributed by atoms with Crippen LogP contribution in [0, 0.1) is 0 Å². The number of hydrogen-bond donors (Lipinski definition) is 2. The predicted molar refractivity (Wildman–Crippen MR) is 84.2 cm³/mol. The molecule has 0 saturated heterocycles. The van der Waals surface area contributed by atoms with Crippen molar-refractivity contribution in [3.63, 3.8) is 0 Å². The van der Waals surface area contributed by atoms with E-state index in [0.717, 1.165) is 0 Å². The highest BCUT2D eigenvalue weighted by atomic mass is 32.2. The topological polar surface area (TPSA) is 98.5 Å². The zero-order chi connectivity index (χ0) is 16.0. The summed E-state index contributed by atoms with van der Waals surface area (Å²) in [6.45, 7) is 3.45. The summed E-state index contributed by atoms with van der Waals surface area (Å²) in [6, 6.07) is 4.86. The first-order chi connectivity index (χ1) is 9.80. The molecule has 0 bridgehead atoms. The number of sulfone groups is 1. The molecule has 21 heavy (non-hydrogen) atoms. The van der Waals surface area contributed by atoms with Gasteiger partial charge < -0.3 is 15.8 Å². The molecule has 1 unspecified atom stereocenters. The van der Waals surface area contributed by atoms with E-state index in [2.05, 4.69) is 5.32 Å². The van der Waals surface area contributed by atoms with Gasteiger partial charge in [-0.1, -0.05) is 6.92 Å². The van der Waals surface area contributed by atoms with Crippen LogP contribution in [0.1, 0.15) is 26.7 Å². The average molecular weight is 314 g/mol. The van der Waals surface area contributed by atoms with E-state index in [-0.39, 0.29) is 18.1 Å². The van der Waals surface area contributed by atoms with Crippen molar-refractivity contribution in [1.82, 2.24) is 0 Å². The van der Waals surface area contributed by atoms with Crippen LogP contribution in [0.4, 0.5) is 11.4 Å². The van der Waals surface area contributed by atoms with E-state index in [1.807, 2.05) is 0 Å². The molecule has 3 N–H and O–H groups in total. The fourth-order valence-electron chi connectivity index (χ4n) is 1.73. The highest BCUT2D eigenvalue weighted by molar-refractivity contribution is 7.92. The summed E-state index contributed by atoms with van der Waals surface area (Å²) >= 11 is 0. The minimum Gasteiger partial charge on any atom is -0.495 e. The highest BCUT2D eigenvalue weighted by Gasteiger charge is 2.20. The van der Waals surface area contributed by atoms with Gasteiger partial charge in [-0.3, -0.25) is 4.79 Å². The van der Waals surface area contributed by atoms with E-state index in [4.69, 9.17) is 10.5 Å². The van der Waals surface area contributed by atoms with Gasteiger partial charge in [-0.05, 0) is 31.5 Å². The van der Waals surface area contributed by atoms with Crippen LogP contribution in [-0.4, -0.2) is 32.4 Å². The van der Waals surface area contributed by atoms with Crippen LogP contribution in [0.25, 0.3) is 0 Å². The molecular formula is C14H22N2O4S. The van der Waals surface area contributed by atoms with Gasteiger partial charge in [-0.15, -0.1) is 0 Å². The lowest BCUT2D eigenvalue weighted by molar-refractivity contribution is -0.115. The Morgan fingerprint density at radius 2 is 2.10 bits per heavy atom. The fourth-order valence-corrected chi connectivity index (χ4v) is 3.11. The average Bonchev–Trinajstić information content (AvgIpc) is 2.44. The fraction of sp³-hybridized carbons (Fsp3) is 0.500. The van der Waals surface area contributed by atoms with E-state index < -0.39 is 15.1 Å². The zero-order valence-electron chi connectivity index (χ0n) is 12.5. The quantitative estimate of drug-likeness (QED) is 0.748. The summed E-state index contributed by atoms with van der Waals surface area (Å²) in [4.78, 5) is 11.9. The lowest BCUT2D eigenvalue weighted by Crippen LogP contribution is -2.24. The largest absolute Gasteiger partial charge is 0.495 e. The number of carbonyl (C=O) groups excluding carboxylic acids is 1. The number of ether oxygens (including phenoxy) is 1. The molecule has 1 amide bonds. The Balaban J connectivity index is 2.69. The molecule has 1 rings (SSSR count). The molecule has 118 valence electrons. The summed E-state index contributed by atoms with van der Waals surface area (Å²) in [5.74, 6) is -0.0773. The van der Waals surface area contributed by atoms with Crippen molar-refractivity contribution in [2.45, 2.75) is 31.9 Å². The van der Waals surface area contributed by atoms with Crippen molar-refractivity contribution in [2.24, 2.45) is 0 Å². The van der Waals surface area contributed by atoms with Crippen LogP contribution < -0.4 is 15.8 Å². The van der Waals surface area contributed by atoms with E-state index in [0.29, 0.717) is 23.5 Å². The standard InChI is InChI=1S/C14H22N2O4S/c1-4-10(2)21(18,19)8-7-14(17)16-12-9-11(15)5-6-13(12)20-3/h5-6,9-10H,4,7-8,15H2,1-3H3,(H,16,17). The summed E-state index contributed by atoms with van der Waals surface area (Å²) in [7, 11) is -1.76. The highest BCUT2D eigenvalue weighted by Crippen LogP contribution is 2.26. The van der Waals surface area contributed by atoms with Crippen molar-refractivity contribution in [2.75, 3.05) is 23.9 Å². The molecule has 0 saturated carbocycles. The Morgan fingerprint density at radius 3 is 2.67 bits per heavy atom. The second kappa shape index (κ2) is 7.31. The Kier molecular flexibility index (Phi) is 6.02. The maximum atomic E-state index is 11.9. The van der Waals surface area contributed by atoms with Crippen molar-refractivity contribution < 1.29 is 17.9 Å². The number of nitrogen functional groups attached to an aromatic ring is 1. The lowest BCUT2D eigenvalue weighted by atomic mass is 10.2. The number of amides is 1.